The average molecular weight is 334 g/mol. The molecule has 0 aliphatic carbocycles. The third-order valence-corrected chi connectivity index (χ3v) is 4.73. The summed E-state index contributed by atoms with van der Waals surface area (Å²) in [4.78, 5) is 14.8. The van der Waals surface area contributed by atoms with Crippen molar-refractivity contribution in [3.63, 3.8) is 0 Å². The highest BCUT2D eigenvalue weighted by Gasteiger charge is 2.34. The Morgan fingerprint density at radius 1 is 1.40 bits per heavy atom. The summed E-state index contributed by atoms with van der Waals surface area (Å²) in [6, 6.07) is 8.25. The van der Waals surface area contributed by atoms with Gasteiger partial charge < -0.3 is 4.90 Å². The SMILES string of the molecule is Cc1nn(C)c(C(=O)N2c3ccccc3C[C@H]2C)c1Br. The molecule has 0 radical (unpaired) electrons. The van der Waals surface area contributed by atoms with Gasteiger partial charge in [0.2, 0.25) is 0 Å². The standard InChI is InChI=1S/C15H16BrN3O/c1-9-8-11-6-4-5-7-12(11)19(9)15(20)14-13(16)10(2)17-18(14)3/h4-7,9H,8H2,1-3H3/t9-/m1/s1. The second-order valence-corrected chi connectivity index (χ2v) is 6.02. The second kappa shape index (κ2) is 4.74. The van der Waals surface area contributed by atoms with Crippen molar-refractivity contribution in [1.29, 1.82) is 0 Å². The number of rotatable bonds is 1. The van der Waals surface area contributed by atoms with Crippen LogP contribution in [0.5, 0.6) is 0 Å². The van der Waals surface area contributed by atoms with Crippen LogP contribution in [0.3, 0.4) is 0 Å². The number of para-hydroxylation sites is 1. The Bertz CT molecular complexity index is 692. The van der Waals surface area contributed by atoms with Crippen molar-refractivity contribution in [2.24, 2.45) is 7.05 Å². The number of aryl methyl sites for hydroxylation is 2. The zero-order valence-electron chi connectivity index (χ0n) is 11.7. The van der Waals surface area contributed by atoms with E-state index in [1.807, 2.05) is 30.0 Å². The summed E-state index contributed by atoms with van der Waals surface area (Å²) in [6.45, 7) is 3.97. The molecule has 3 rings (SSSR count). The molecule has 0 N–H and O–H groups in total. The minimum atomic E-state index is -0.00238. The quantitative estimate of drug-likeness (QED) is 0.804. The molecule has 1 atom stereocenters. The van der Waals surface area contributed by atoms with Crippen molar-refractivity contribution < 1.29 is 4.79 Å². The molecule has 104 valence electrons. The number of fused-ring (bicyclic) bond motifs is 1. The number of amides is 1. The van der Waals surface area contributed by atoms with E-state index in [2.05, 4.69) is 34.0 Å². The van der Waals surface area contributed by atoms with E-state index in [-0.39, 0.29) is 11.9 Å². The van der Waals surface area contributed by atoms with Crippen LogP contribution in [0.15, 0.2) is 28.7 Å². The predicted octanol–water partition coefficient (Wildman–Crippen LogP) is 3.08. The van der Waals surface area contributed by atoms with E-state index in [0.29, 0.717) is 5.69 Å². The third kappa shape index (κ3) is 1.88. The van der Waals surface area contributed by atoms with Gasteiger partial charge in [0.05, 0.1) is 10.2 Å². The first-order valence-corrected chi connectivity index (χ1v) is 7.40. The maximum atomic E-state index is 12.9. The topological polar surface area (TPSA) is 38.1 Å². The van der Waals surface area contributed by atoms with Gasteiger partial charge in [-0.1, -0.05) is 18.2 Å². The molecule has 2 heterocycles. The molecule has 0 saturated heterocycles. The van der Waals surface area contributed by atoms with Crippen molar-refractivity contribution in [1.82, 2.24) is 9.78 Å². The zero-order chi connectivity index (χ0) is 14.4. The first-order chi connectivity index (χ1) is 9.50. The Morgan fingerprint density at radius 3 is 2.75 bits per heavy atom. The predicted molar refractivity (Wildman–Crippen MR) is 82.1 cm³/mol. The first kappa shape index (κ1) is 13.4. The van der Waals surface area contributed by atoms with E-state index in [4.69, 9.17) is 0 Å². The number of hydrogen-bond donors (Lipinski definition) is 0. The molecule has 0 saturated carbocycles. The minimum Gasteiger partial charge on any atom is -0.304 e. The lowest BCUT2D eigenvalue weighted by Gasteiger charge is -2.22. The molecule has 1 aliphatic heterocycles. The molecule has 1 aromatic heterocycles. The van der Waals surface area contributed by atoms with E-state index in [1.165, 1.54) is 5.56 Å². The average Bonchev–Trinajstić information content (AvgIpc) is 2.85. The van der Waals surface area contributed by atoms with Gasteiger partial charge >= 0.3 is 0 Å². The fraction of sp³-hybridized carbons (Fsp3) is 0.333. The Morgan fingerprint density at radius 2 is 2.10 bits per heavy atom. The molecule has 20 heavy (non-hydrogen) atoms. The van der Waals surface area contributed by atoms with Crippen LogP contribution in [0.2, 0.25) is 0 Å². The van der Waals surface area contributed by atoms with Crippen molar-refractivity contribution in [3.8, 4) is 0 Å². The largest absolute Gasteiger partial charge is 0.304 e. The maximum absolute atomic E-state index is 12.9. The van der Waals surface area contributed by atoms with E-state index in [9.17, 15) is 4.79 Å². The van der Waals surface area contributed by atoms with Gasteiger partial charge in [-0.3, -0.25) is 9.48 Å². The molecule has 1 amide bonds. The lowest BCUT2D eigenvalue weighted by molar-refractivity contribution is 0.0971. The van der Waals surface area contributed by atoms with Gasteiger partial charge in [-0.05, 0) is 47.8 Å². The van der Waals surface area contributed by atoms with E-state index < -0.39 is 0 Å². The number of halogens is 1. The van der Waals surface area contributed by atoms with Gasteiger partial charge in [0.1, 0.15) is 5.69 Å². The highest BCUT2D eigenvalue weighted by molar-refractivity contribution is 9.10. The molecule has 1 aromatic carbocycles. The summed E-state index contributed by atoms with van der Waals surface area (Å²) in [5.41, 5.74) is 3.67. The number of carbonyl (C=O) groups excluding carboxylic acids is 1. The first-order valence-electron chi connectivity index (χ1n) is 6.61. The fourth-order valence-electron chi connectivity index (χ4n) is 2.85. The van der Waals surface area contributed by atoms with Gasteiger partial charge in [0.25, 0.3) is 5.91 Å². The third-order valence-electron chi connectivity index (χ3n) is 3.78. The fourth-order valence-corrected chi connectivity index (χ4v) is 3.36. The van der Waals surface area contributed by atoms with Crippen LogP contribution < -0.4 is 4.90 Å². The minimum absolute atomic E-state index is 0.00238. The van der Waals surface area contributed by atoms with Gasteiger partial charge in [-0.2, -0.15) is 5.10 Å². The van der Waals surface area contributed by atoms with Gasteiger partial charge in [0, 0.05) is 18.8 Å². The van der Waals surface area contributed by atoms with Crippen LogP contribution in [0.25, 0.3) is 0 Å². The van der Waals surface area contributed by atoms with Crippen LogP contribution >= 0.6 is 15.9 Å². The second-order valence-electron chi connectivity index (χ2n) is 5.23. The van der Waals surface area contributed by atoms with Crippen molar-refractivity contribution in [3.05, 3.63) is 45.7 Å². The van der Waals surface area contributed by atoms with E-state index in [1.54, 1.807) is 11.7 Å². The summed E-state index contributed by atoms with van der Waals surface area (Å²) in [5.74, 6) is -0.00238. The highest BCUT2D eigenvalue weighted by Crippen LogP contribution is 2.34. The molecule has 4 nitrogen and oxygen atoms in total. The molecular weight excluding hydrogens is 318 g/mol. The molecular formula is C15H16BrN3O. The lowest BCUT2D eigenvalue weighted by atomic mass is 10.1. The summed E-state index contributed by atoms with van der Waals surface area (Å²) in [6.07, 6.45) is 0.899. The van der Waals surface area contributed by atoms with Crippen LogP contribution in [-0.4, -0.2) is 21.7 Å². The summed E-state index contributed by atoms with van der Waals surface area (Å²) in [5, 5.41) is 4.31. The van der Waals surface area contributed by atoms with Crippen molar-refractivity contribution in [2.45, 2.75) is 26.3 Å². The smallest absolute Gasteiger partial charge is 0.277 e. The molecule has 0 spiro atoms. The molecule has 1 aliphatic rings. The van der Waals surface area contributed by atoms with E-state index in [0.717, 1.165) is 22.3 Å². The number of benzene rings is 1. The maximum Gasteiger partial charge on any atom is 0.277 e. The number of nitrogens with zero attached hydrogens (tertiary/aromatic N) is 3. The number of carbonyl (C=O) groups is 1. The Hall–Kier alpha value is -1.62. The Balaban J connectivity index is 2.07. The number of hydrogen-bond acceptors (Lipinski definition) is 2. The summed E-state index contributed by atoms with van der Waals surface area (Å²) in [7, 11) is 1.80. The number of anilines is 1. The van der Waals surface area contributed by atoms with Crippen molar-refractivity contribution in [2.75, 3.05) is 4.90 Å². The monoisotopic (exact) mass is 333 g/mol. The van der Waals surface area contributed by atoms with Crippen LogP contribution in [0, 0.1) is 6.92 Å². The Kier molecular flexibility index (Phi) is 3.17. The molecule has 0 bridgehead atoms. The summed E-state index contributed by atoms with van der Waals surface area (Å²) < 4.78 is 2.43. The highest BCUT2D eigenvalue weighted by atomic mass is 79.9. The van der Waals surface area contributed by atoms with Gasteiger partial charge in [0.15, 0.2) is 0 Å². The normalized spacial score (nSPS) is 17.4. The lowest BCUT2D eigenvalue weighted by Crippen LogP contribution is -2.37. The van der Waals surface area contributed by atoms with Gasteiger partial charge in [-0.25, -0.2) is 0 Å². The molecule has 0 fully saturated rings. The molecule has 5 heteroatoms. The van der Waals surface area contributed by atoms with Crippen molar-refractivity contribution >= 4 is 27.5 Å². The zero-order valence-corrected chi connectivity index (χ0v) is 13.3. The molecule has 2 aromatic rings. The number of aromatic nitrogens is 2. The van der Waals surface area contributed by atoms with Gasteiger partial charge in [-0.15, -0.1) is 0 Å². The molecule has 0 unspecified atom stereocenters. The van der Waals surface area contributed by atoms with Crippen LogP contribution in [-0.2, 0) is 13.5 Å². The Labute approximate surface area is 126 Å². The summed E-state index contributed by atoms with van der Waals surface area (Å²) >= 11 is 3.48. The van der Waals surface area contributed by atoms with E-state index >= 15 is 0 Å². The van der Waals surface area contributed by atoms with Crippen LogP contribution in [0.1, 0.15) is 28.7 Å². The van der Waals surface area contributed by atoms with Crippen LogP contribution in [0.4, 0.5) is 5.69 Å².